The van der Waals surface area contributed by atoms with Crippen LogP contribution in [0.5, 0.6) is 5.75 Å². The van der Waals surface area contributed by atoms with Gasteiger partial charge in [0, 0.05) is 0 Å². The Morgan fingerprint density at radius 2 is 1.59 bits per heavy atom. The molecule has 0 saturated heterocycles. The van der Waals surface area contributed by atoms with Crippen molar-refractivity contribution in [2.24, 2.45) is 35.5 Å². The molecular weight excluding hydrogens is 437 g/mol. The Balaban J connectivity index is 1.28. The van der Waals surface area contributed by atoms with Gasteiger partial charge in [0.05, 0.1) is 11.5 Å². The summed E-state index contributed by atoms with van der Waals surface area (Å²) < 4.78 is 44.0. The highest BCUT2D eigenvalue weighted by Gasteiger charge is 2.43. The second kappa shape index (κ2) is 11.5. The van der Waals surface area contributed by atoms with E-state index in [0.29, 0.717) is 11.8 Å². The van der Waals surface area contributed by atoms with Crippen LogP contribution in [0.1, 0.15) is 102 Å². The standard InChI is InChI=1S/C29H41F3O2/c1-2-3-4-6-20-9-11-21(12-10-20)22-13-18-26-23(19-22)7-5-8-27(26)28(33)34-25-16-14-24(15-17-25)29(30,31)32/h14-17,20-23,26-27H,2-13,18-19H2,1H3. The zero-order valence-corrected chi connectivity index (χ0v) is 20.6. The zero-order valence-electron chi connectivity index (χ0n) is 20.6. The van der Waals surface area contributed by atoms with Crippen LogP contribution in [0.4, 0.5) is 13.2 Å². The lowest BCUT2D eigenvalue weighted by atomic mass is 9.59. The van der Waals surface area contributed by atoms with E-state index in [1.54, 1.807) is 0 Å². The van der Waals surface area contributed by atoms with Crippen LogP contribution < -0.4 is 4.74 Å². The molecule has 1 aromatic rings. The maximum Gasteiger partial charge on any atom is 0.416 e. The lowest BCUT2D eigenvalue weighted by molar-refractivity contribution is -0.144. The molecule has 34 heavy (non-hydrogen) atoms. The summed E-state index contributed by atoms with van der Waals surface area (Å²) in [6.07, 6.45) is 13.3. The van der Waals surface area contributed by atoms with Crippen molar-refractivity contribution in [2.75, 3.05) is 0 Å². The van der Waals surface area contributed by atoms with Gasteiger partial charge in [-0.05, 0) is 92.4 Å². The van der Waals surface area contributed by atoms with Crippen molar-refractivity contribution in [1.29, 1.82) is 0 Å². The quantitative estimate of drug-likeness (QED) is 0.222. The van der Waals surface area contributed by atoms with Gasteiger partial charge < -0.3 is 4.74 Å². The van der Waals surface area contributed by atoms with Gasteiger partial charge in [-0.15, -0.1) is 0 Å². The van der Waals surface area contributed by atoms with Crippen molar-refractivity contribution in [3.05, 3.63) is 29.8 Å². The number of esters is 1. The molecule has 0 bridgehead atoms. The summed E-state index contributed by atoms with van der Waals surface area (Å²) in [4.78, 5) is 13.0. The SMILES string of the molecule is CCCCCC1CCC(C2CCC3C(CCCC3C(=O)Oc3ccc(C(F)(F)F)cc3)C2)CC1. The zero-order chi connectivity index (χ0) is 24.1. The first kappa shape index (κ1) is 25.6. The van der Waals surface area contributed by atoms with Gasteiger partial charge in [-0.3, -0.25) is 4.79 Å². The highest BCUT2D eigenvalue weighted by Crippen LogP contribution is 2.50. The van der Waals surface area contributed by atoms with Crippen molar-refractivity contribution >= 4 is 5.97 Å². The van der Waals surface area contributed by atoms with E-state index >= 15 is 0 Å². The predicted molar refractivity (Wildman–Crippen MR) is 128 cm³/mol. The smallest absolute Gasteiger partial charge is 0.416 e. The van der Waals surface area contributed by atoms with Crippen LogP contribution in [-0.4, -0.2) is 5.97 Å². The molecule has 0 heterocycles. The van der Waals surface area contributed by atoms with Gasteiger partial charge in [-0.25, -0.2) is 0 Å². The van der Waals surface area contributed by atoms with Crippen LogP contribution in [0, 0.1) is 35.5 Å². The molecule has 3 saturated carbocycles. The summed E-state index contributed by atoms with van der Waals surface area (Å²) in [5.41, 5.74) is -0.724. The number of fused-ring (bicyclic) bond motifs is 1. The fourth-order valence-electron chi connectivity index (χ4n) is 7.26. The van der Waals surface area contributed by atoms with Crippen molar-refractivity contribution in [2.45, 2.75) is 103 Å². The van der Waals surface area contributed by atoms with E-state index in [1.807, 2.05) is 0 Å². The van der Waals surface area contributed by atoms with E-state index in [-0.39, 0.29) is 17.6 Å². The number of halogens is 3. The van der Waals surface area contributed by atoms with E-state index in [0.717, 1.165) is 49.1 Å². The molecule has 3 aliphatic rings. The minimum atomic E-state index is -4.38. The van der Waals surface area contributed by atoms with Crippen molar-refractivity contribution in [1.82, 2.24) is 0 Å². The Morgan fingerprint density at radius 3 is 2.26 bits per heavy atom. The van der Waals surface area contributed by atoms with Gasteiger partial charge in [-0.2, -0.15) is 13.2 Å². The fraction of sp³-hybridized carbons (Fsp3) is 0.759. The van der Waals surface area contributed by atoms with Gasteiger partial charge in [0.25, 0.3) is 0 Å². The molecule has 0 aromatic heterocycles. The number of benzene rings is 1. The van der Waals surface area contributed by atoms with Crippen LogP contribution >= 0.6 is 0 Å². The maximum atomic E-state index is 13.0. The third kappa shape index (κ3) is 6.37. The third-order valence-electron chi connectivity index (χ3n) is 9.17. The van der Waals surface area contributed by atoms with Crippen LogP contribution in [0.2, 0.25) is 0 Å². The molecule has 2 nitrogen and oxygen atoms in total. The lowest BCUT2D eigenvalue weighted by Crippen LogP contribution is -2.40. The molecule has 4 rings (SSSR count). The van der Waals surface area contributed by atoms with Crippen LogP contribution in [0.25, 0.3) is 0 Å². The van der Waals surface area contributed by atoms with Gasteiger partial charge in [0.15, 0.2) is 0 Å². The molecule has 0 N–H and O–H groups in total. The summed E-state index contributed by atoms with van der Waals surface area (Å²) >= 11 is 0. The minimum absolute atomic E-state index is 0.115. The number of carbonyl (C=O) groups is 1. The molecule has 0 amide bonds. The number of ether oxygens (including phenoxy) is 1. The second-order valence-electron chi connectivity index (χ2n) is 11.3. The van der Waals surface area contributed by atoms with Gasteiger partial charge in [0.1, 0.15) is 5.75 Å². The highest BCUT2D eigenvalue weighted by atomic mass is 19.4. The number of alkyl halides is 3. The number of hydrogen-bond acceptors (Lipinski definition) is 2. The molecule has 0 aliphatic heterocycles. The minimum Gasteiger partial charge on any atom is -0.426 e. The summed E-state index contributed by atoms with van der Waals surface area (Å²) in [6.45, 7) is 2.28. The van der Waals surface area contributed by atoms with Crippen molar-refractivity contribution in [3.8, 4) is 5.75 Å². The van der Waals surface area contributed by atoms with Crippen molar-refractivity contribution < 1.29 is 22.7 Å². The van der Waals surface area contributed by atoms with E-state index in [2.05, 4.69) is 6.92 Å². The molecule has 0 radical (unpaired) electrons. The van der Waals surface area contributed by atoms with Crippen LogP contribution in [0.15, 0.2) is 24.3 Å². The molecule has 1 aromatic carbocycles. The number of hydrogen-bond donors (Lipinski definition) is 0. The van der Waals surface area contributed by atoms with E-state index in [9.17, 15) is 18.0 Å². The largest absolute Gasteiger partial charge is 0.426 e. The Bertz CT molecular complexity index is 780. The Labute approximate surface area is 203 Å². The van der Waals surface area contributed by atoms with Gasteiger partial charge in [0.2, 0.25) is 0 Å². The molecule has 3 fully saturated rings. The normalized spacial score (nSPS) is 32.1. The van der Waals surface area contributed by atoms with E-state index in [4.69, 9.17) is 4.74 Å². The average molecular weight is 479 g/mol. The fourth-order valence-corrected chi connectivity index (χ4v) is 7.26. The maximum absolute atomic E-state index is 13.0. The van der Waals surface area contributed by atoms with Gasteiger partial charge >= 0.3 is 12.1 Å². The monoisotopic (exact) mass is 478 g/mol. The summed E-state index contributed by atoms with van der Waals surface area (Å²) in [7, 11) is 0. The number of carbonyl (C=O) groups excluding carboxylic acids is 1. The summed E-state index contributed by atoms with van der Waals surface area (Å²) in [5, 5.41) is 0. The van der Waals surface area contributed by atoms with Crippen molar-refractivity contribution in [3.63, 3.8) is 0 Å². The topological polar surface area (TPSA) is 26.3 Å². The molecule has 4 atom stereocenters. The molecule has 3 aliphatic carbocycles. The average Bonchev–Trinajstić information content (AvgIpc) is 2.83. The first-order chi connectivity index (χ1) is 16.3. The Hall–Kier alpha value is -1.52. The number of unbranched alkanes of at least 4 members (excludes halogenated alkanes) is 2. The van der Waals surface area contributed by atoms with E-state index < -0.39 is 11.7 Å². The second-order valence-corrected chi connectivity index (χ2v) is 11.3. The first-order valence-corrected chi connectivity index (χ1v) is 13.7. The lowest BCUT2D eigenvalue weighted by Gasteiger charge is -2.46. The molecule has 0 spiro atoms. The third-order valence-corrected chi connectivity index (χ3v) is 9.17. The summed E-state index contributed by atoms with van der Waals surface area (Å²) in [5.74, 6) is 3.43. The highest BCUT2D eigenvalue weighted by molar-refractivity contribution is 5.75. The predicted octanol–water partition coefficient (Wildman–Crippen LogP) is 8.83. The molecule has 5 heteroatoms. The first-order valence-electron chi connectivity index (χ1n) is 13.7. The van der Waals surface area contributed by atoms with Crippen LogP contribution in [0.3, 0.4) is 0 Å². The molecule has 190 valence electrons. The Morgan fingerprint density at radius 1 is 0.882 bits per heavy atom. The van der Waals surface area contributed by atoms with E-state index in [1.165, 1.54) is 82.8 Å². The number of rotatable bonds is 7. The molecular formula is C29H41F3O2. The van der Waals surface area contributed by atoms with Crippen LogP contribution in [-0.2, 0) is 11.0 Å². The Kier molecular flexibility index (Phi) is 8.63. The summed E-state index contributed by atoms with van der Waals surface area (Å²) in [6, 6.07) is 4.49. The molecule has 4 unspecified atom stereocenters. The van der Waals surface area contributed by atoms with Gasteiger partial charge in [-0.1, -0.05) is 58.3 Å².